The van der Waals surface area contributed by atoms with Gasteiger partial charge in [0.05, 0.1) is 18.0 Å². The molecule has 7 nitrogen and oxygen atoms in total. The Morgan fingerprint density at radius 2 is 1.80 bits per heavy atom. The highest BCUT2D eigenvalue weighted by molar-refractivity contribution is 6.04. The summed E-state index contributed by atoms with van der Waals surface area (Å²) in [5.74, 6) is -0.144. The van der Waals surface area contributed by atoms with E-state index in [-0.39, 0.29) is 24.1 Å². The van der Waals surface area contributed by atoms with Gasteiger partial charge in [0.2, 0.25) is 0 Å². The van der Waals surface area contributed by atoms with Crippen molar-refractivity contribution in [3.8, 4) is 0 Å². The molecule has 25 heavy (non-hydrogen) atoms. The second-order valence-electron chi connectivity index (χ2n) is 6.60. The Bertz CT molecular complexity index is 823. The predicted octanol–water partition coefficient (Wildman–Crippen LogP) is 0.727. The Kier molecular flexibility index (Phi) is 5.15. The van der Waals surface area contributed by atoms with Crippen molar-refractivity contribution in [1.29, 1.82) is 0 Å². The SMILES string of the molecule is CC(C)n1nc(C(=O)N2CCN(CCO)CC2)c2ccccc2c1=O. The van der Waals surface area contributed by atoms with Crippen LogP contribution in [0.15, 0.2) is 29.1 Å². The number of hydrogen-bond acceptors (Lipinski definition) is 5. The number of amides is 1. The van der Waals surface area contributed by atoms with Crippen molar-refractivity contribution in [2.45, 2.75) is 19.9 Å². The van der Waals surface area contributed by atoms with Gasteiger partial charge >= 0.3 is 0 Å². The van der Waals surface area contributed by atoms with Gasteiger partial charge in [0.25, 0.3) is 11.5 Å². The van der Waals surface area contributed by atoms with Gasteiger partial charge in [0.15, 0.2) is 5.69 Å². The highest BCUT2D eigenvalue weighted by Crippen LogP contribution is 2.17. The third-order valence-corrected chi connectivity index (χ3v) is 4.60. The van der Waals surface area contributed by atoms with E-state index in [0.29, 0.717) is 36.1 Å². The number of aromatic nitrogens is 2. The minimum atomic E-state index is -0.171. The van der Waals surface area contributed by atoms with E-state index in [4.69, 9.17) is 5.11 Å². The summed E-state index contributed by atoms with van der Waals surface area (Å²) in [4.78, 5) is 29.5. The van der Waals surface area contributed by atoms with Gasteiger partial charge in [-0.1, -0.05) is 18.2 Å². The van der Waals surface area contributed by atoms with Gasteiger partial charge in [-0.05, 0) is 19.9 Å². The Balaban J connectivity index is 1.97. The number of rotatable bonds is 4. The number of hydrogen-bond donors (Lipinski definition) is 1. The quantitative estimate of drug-likeness (QED) is 0.884. The molecule has 2 aromatic rings. The van der Waals surface area contributed by atoms with E-state index in [1.165, 1.54) is 4.68 Å². The molecule has 1 amide bonds. The molecule has 0 atom stereocenters. The van der Waals surface area contributed by atoms with Crippen LogP contribution in [0.4, 0.5) is 0 Å². The zero-order chi connectivity index (χ0) is 18.0. The van der Waals surface area contributed by atoms with Crippen molar-refractivity contribution in [3.63, 3.8) is 0 Å². The summed E-state index contributed by atoms with van der Waals surface area (Å²) in [6, 6.07) is 7.03. The van der Waals surface area contributed by atoms with E-state index in [1.54, 1.807) is 23.1 Å². The highest BCUT2D eigenvalue weighted by atomic mass is 16.3. The minimum absolute atomic E-state index is 0.120. The molecule has 0 bridgehead atoms. The molecule has 3 rings (SSSR count). The molecular weight excluding hydrogens is 320 g/mol. The van der Waals surface area contributed by atoms with Crippen molar-refractivity contribution < 1.29 is 9.90 Å². The van der Waals surface area contributed by atoms with Gasteiger partial charge in [-0.25, -0.2) is 4.68 Å². The molecule has 0 unspecified atom stereocenters. The molecule has 1 aliphatic rings. The van der Waals surface area contributed by atoms with Crippen LogP contribution in [0, 0.1) is 0 Å². The first kappa shape index (κ1) is 17.6. The largest absolute Gasteiger partial charge is 0.395 e. The van der Waals surface area contributed by atoms with Crippen LogP contribution in [-0.2, 0) is 0 Å². The average molecular weight is 344 g/mol. The lowest BCUT2D eigenvalue weighted by Crippen LogP contribution is -2.49. The first-order valence-corrected chi connectivity index (χ1v) is 8.67. The lowest BCUT2D eigenvalue weighted by molar-refractivity contribution is 0.0608. The monoisotopic (exact) mass is 344 g/mol. The number of carbonyl (C=O) groups is 1. The number of benzene rings is 1. The fourth-order valence-corrected chi connectivity index (χ4v) is 3.18. The maximum atomic E-state index is 13.0. The van der Waals surface area contributed by atoms with Crippen LogP contribution < -0.4 is 5.56 Å². The summed E-state index contributed by atoms with van der Waals surface area (Å²) < 4.78 is 1.39. The van der Waals surface area contributed by atoms with Gasteiger partial charge < -0.3 is 10.0 Å². The number of piperazine rings is 1. The highest BCUT2D eigenvalue weighted by Gasteiger charge is 2.25. The normalized spacial score (nSPS) is 15.9. The molecule has 2 heterocycles. The summed E-state index contributed by atoms with van der Waals surface area (Å²) in [6.07, 6.45) is 0. The van der Waals surface area contributed by atoms with Crippen LogP contribution >= 0.6 is 0 Å². The van der Waals surface area contributed by atoms with E-state index in [0.717, 1.165) is 13.1 Å². The van der Waals surface area contributed by atoms with E-state index in [2.05, 4.69) is 10.00 Å². The van der Waals surface area contributed by atoms with E-state index in [9.17, 15) is 9.59 Å². The fraction of sp³-hybridized carbons (Fsp3) is 0.500. The molecule has 0 spiro atoms. The van der Waals surface area contributed by atoms with Gasteiger partial charge in [-0.3, -0.25) is 14.5 Å². The van der Waals surface area contributed by atoms with Gasteiger partial charge in [0, 0.05) is 38.1 Å². The van der Waals surface area contributed by atoms with Gasteiger partial charge in [0.1, 0.15) is 0 Å². The molecule has 1 aromatic heterocycles. The predicted molar refractivity (Wildman–Crippen MR) is 95.8 cm³/mol. The number of carbonyl (C=O) groups excluding carboxylic acids is 1. The number of nitrogens with zero attached hydrogens (tertiary/aromatic N) is 4. The van der Waals surface area contributed by atoms with Gasteiger partial charge in [-0.2, -0.15) is 5.10 Å². The lowest BCUT2D eigenvalue weighted by atomic mass is 10.1. The molecule has 1 aliphatic heterocycles. The zero-order valence-electron chi connectivity index (χ0n) is 14.7. The number of aliphatic hydroxyl groups is 1. The fourth-order valence-electron chi connectivity index (χ4n) is 3.18. The Morgan fingerprint density at radius 3 is 2.40 bits per heavy atom. The number of β-amino-alcohol motifs (C(OH)–C–C–N with tert-alkyl or cyclic N) is 1. The minimum Gasteiger partial charge on any atom is -0.395 e. The molecule has 1 fully saturated rings. The van der Waals surface area contributed by atoms with Crippen molar-refractivity contribution in [2.75, 3.05) is 39.3 Å². The van der Waals surface area contributed by atoms with Crippen molar-refractivity contribution in [3.05, 3.63) is 40.3 Å². The Labute approximate surface area is 146 Å². The zero-order valence-corrected chi connectivity index (χ0v) is 14.7. The second kappa shape index (κ2) is 7.33. The average Bonchev–Trinajstić information content (AvgIpc) is 2.62. The van der Waals surface area contributed by atoms with Crippen molar-refractivity contribution in [2.24, 2.45) is 0 Å². The molecule has 1 aromatic carbocycles. The summed E-state index contributed by atoms with van der Waals surface area (Å²) >= 11 is 0. The Hall–Kier alpha value is -2.25. The summed E-state index contributed by atoms with van der Waals surface area (Å²) in [5.41, 5.74) is 0.162. The van der Waals surface area contributed by atoms with Crippen LogP contribution in [0.3, 0.4) is 0 Å². The lowest BCUT2D eigenvalue weighted by Gasteiger charge is -2.34. The molecule has 0 saturated carbocycles. The molecule has 134 valence electrons. The maximum Gasteiger partial charge on any atom is 0.275 e. The third kappa shape index (κ3) is 3.43. The first-order chi connectivity index (χ1) is 12.0. The van der Waals surface area contributed by atoms with E-state index in [1.807, 2.05) is 19.9 Å². The van der Waals surface area contributed by atoms with E-state index >= 15 is 0 Å². The standard InChI is InChI=1S/C18H24N4O3/c1-13(2)22-17(24)15-6-4-3-5-14(15)16(19-22)18(25)21-9-7-20(8-10-21)11-12-23/h3-6,13,23H,7-12H2,1-2H3. The number of aliphatic hydroxyl groups excluding tert-OH is 1. The molecule has 1 N–H and O–H groups in total. The Morgan fingerprint density at radius 1 is 1.16 bits per heavy atom. The molecule has 0 radical (unpaired) electrons. The van der Waals surface area contributed by atoms with Crippen LogP contribution in [0.25, 0.3) is 10.8 Å². The third-order valence-electron chi connectivity index (χ3n) is 4.60. The molecule has 0 aliphatic carbocycles. The van der Waals surface area contributed by atoms with Crippen LogP contribution in [-0.4, -0.2) is 69.9 Å². The summed E-state index contributed by atoms with van der Waals surface area (Å²) in [6.45, 7) is 7.16. The smallest absolute Gasteiger partial charge is 0.275 e. The van der Waals surface area contributed by atoms with Crippen molar-refractivity contribution >= 4 is 16.7 Å². The van der Waals surface area contributed by atoms with Gasteiger partial charge in [-0.15, -0.1) is 0 Å². The topological polar surface area (TPSA) is 78.7 Å². The van der Waals surface area contributed by atoms with Crippen LogP contribution in [0.1, 0.15) is 30.4 Å². The van der Waals surface area contributed by atoms with Crippen molar-refractivity contribution in [1.82, 2.24) is 19.6 Å². The summed E-state index contributed by atoms with van der Waals surface area (Å²) in [5, 5.41) is 14.5. The number of fused-ring (bicyclic) bond motifs is 1. The molecular formula is C18H24N4O3. The van der Waals surface area contributed by atoms with Crippen LogP contribution in [0.5, 0.6) is 0 Å². The molecule has 1 saturated heterocycles. The first-order valence-electron chi connectivity index (χ1n) is 8.67. The molecule has 7 heteroatoms. The van der Waals surface area contributed by atoms with E-state index < -0.39 is 0 Å². The maximum absolute atomic E-state index is 13.0. The second-order valence-corrected chi connectivity index (χ2v) is 6.60. The van der Waals surface area contributed by atoms with Crippen LogP contribution in [0.2, 0.25) is 0 Å². The summed E-state index contributed by atoms with van der Waals surface area (Å²) in [7, 11) is 0.